The summed E-state index contributed by atoms with van der Waals surface area (Å²) >= 11 is 0. The zero-order valence-corrected chi connectivity index (χ0v) is 11.5. The molecule has 0 fully saturated rings. The van der Waals surface area contributed by atoms with Gasteiger partial charge in [0.1, 0.15) is 0 Å². The van der Waals surface area contributed by atoms with Gasteiger partial charge < -0.3 is 14.7 Å². The number of nitrogens with zero attached hydrogens (tertiary/aromatic N) is 2. The number of hydrogen-bond acceptors (Lipinski definition) is 4. The highest BCUT2D eigenvalue weighted by atomic mass is 16.5. The van der Waals surface area contributed by atoms with Crippen LogP contribution in [0.3, 0.4) is 0 Å². The average Bonchev–Trinajstić information content (AvgIpc) is 2.46. The highest BCUT2D eigenvalue weighted by Gasteiger charge is 2.09. The van der Waals surface area contributed by atoms with E-state index in [2.05, 4.69) is 6.07 Å². The first kappa shape index (κ1) is 15.7. The SMILES string of the molecule is COCCN(CCC#N)c1ccccc1C=CC(=O)O. The van der Waals surface area contributed by atoms with Crippen molar-refractivity contribution in [1.29, 1.82) is 5.26 Å². The molecule has 0 saturated heterocycles. The molecule has 1 N–H and O–H groups in total. The molecule has 1 aromatic rings. The number of benzene rings is 1. The van der Waals surface area contributed by atoms with E-state index in [1.165, 1.54) is 0 Å². The smallest absolute Gasteiger partial charge is 0.328 e. The topological polar surface area (TPSA) is 73.6 Å². The number of para-hydroxylation sites is 1. The fraction of sp³-hybridized carbons (Fsp3) is 0.333. The largest absolute Gasteiger partial charge is 0.478 e. The summed E-state index contributed by atoms with van der Waals surface area (Å²) in [6.07, 6.45) is 3.07. The maximum atomic E-state index is 10.6. The summed E-state index contributed by atoms with van der Waals surface area (Å²) < 4.78 is 5.08. The molecule has 0 aliphatic rings. The number of rotatable bonds is 8. The van der Waals surface area contributed by atoms with E-state index in [1.807, 2.05) is 29.2 Å². The highest BCUT2D eigenvalue weighted by molar-refractivity contribution is 5.87. The fourth-order valence-corrected chi connectivity index (χ4v) is 1.82. The lowest BCUT2D eigenvalue weighted by Gasteiger charge is -2.25. The van der Waals surface area contributed by atoms with Crippen LogP contribution in [0.15, 0.2) is 30.3 Å². The van der Waals surface area contributed by atoms with Crippen LogP contribution >= 0.6 is 0 Å². The van der Waals surface area contributed by atoms with Crippen molar-refractivity contribution in [2.24, 2.45) is 0 Å². The number of aliphatic carboxylic acids is 1. The van der Waals surface area contributed by atoms with Crippen molar-refractivity contribution < 1.29 is 14.6 Å². The number of carboxylic acid groups (broad SMARTS) is 1. The average molecular weight is 274 g/mol. The summed E-state index contributed by atoms with van der Waals surface area (Å²) in [6.45, 7) is 1.77. The van der Waals surface area contributed by atoms with Gasteiger partial charge in [-0.15, -0.1) is 0 Å². The number of methoxy groups -OCH3 is 1. The van der Waals surface area contributed by atoms with Crippen LogP contribution in [0.2, 0.25) is 0 Å². The molecule has 0 amide bonds. The van der Waals surface area contributed by atoms with E-state index in [1.54, 1.807) is 13.2 Å². The lowest BCUT2D eigenvalue weighted by molar-refractivity contribution is -0.131. The van der Waals surface area contributed by atoms with Gasteiger partial charge in [0.15, 0.2) is 0 Å². The third-order valence-corrected chi connectivity index (χ3v) is 2.74. The monoisotopic (exact) mass is 274 g/mol. The molecule has 0 aromatic heterocycles. The highest BCUT2D eigenvalue weighted by Crippen LogP contribution is 2.22. The van der Waals surface area contributed by atoms with Gasteiger partial charge in [0.25, 0.3) is 0 Å². The zero-order valence-electron chi connectivity index (χ0n) is 11.5. The fourth-order valence-electron chi connectivity index (χ4n) is 1.82. The van der Waals surface area contributed by atoms with Crippen LogP contribution in [-0.2, 0) is 9.53 Å². The second kappa shape index (κ2) is 8.73. The Morgan fingerprint density at radius 2 is 2.20 bits per heavy atom. The standard InChI is InChI=1S/C15H18N2O3/c1-20-12-11-17(10-4-9-16)14-6-3-2-5-13(14)7-8-15(18)19/h2-3,5-8H,4,10-12H2,1H3,(H,18,19). The van der Waals surface area contributed by atoms with Gasteiger partial charge in [-0.25, -0.2) is 4.79 Å². The first-order valence-corrected chi connectivity index (χ1v) is 6.30. The number of hydrogen-bond donors (Lipinski definition) is 1. The quantitative estimate of drug-likeness (QED) is 0.735. The molecule has 1 rings (SSSR count). The van der Waals surface area contributed by atoms with Gasteiger partial charge in [-0.1, -0.05) is 18.2 Å². The van der Waals surface area contributed by atoms with E-state index in [0.717, 1.165) is 17.3 Å². The predicted octanol–water partition coefficient (Wildman–Crippen LogP) is 2.15. The van der Waals surface area contributed by atoms with Gasteiger partial charge in [-0.3, -0.25) is 0 Å². The van der Waals surface area contributed by atoms with Gasteiger partial charge in [0.05, 0.1) is 19.1 Å². The van der Waals surface area contributed by atoms with E-state index in [4.69, 9.17) is 15.1 Å². The second-order valence-corrected chi connectivity index (χ2v) is 4.12. The summed E-state index contributed by atoms with van der Waals surface area (Å²) in [5.74, 6) is -0.986. The molecule has 0 aliphatic heterocycles. The number of anilines is 1. The molecule has 5 heteroatoms. The number of ether oxygens (including phenoxy) is 1. The molecule has 0 bridgehead atoms. The maximum absolute atomic E-state index is 10.6. The Kier molecular flexibility index (Phi) is 6.87. The van der Waals surface area contributed by atoms with Crippen LogP contribution in [0.5, 0.6) is 0 Å². The molecule has 0 atom stereocenters. The second-order valence-electron chi connectivity index (χ2n) is 4.12. The van der Waals surface area contributed by atoms with Crippen LogP contribution < -0.4 is 4.90 Å². The number of carbonyl (C=O) groups is 1. The molecule has 0 heterocycles. The van der Waals surface area contributed by atoms with Crippen molar-refractivity contribution in [3.63, 3.8) is 0 Å². The minimum absolute atomic E-state index is 0.403. The summed E-state index contributed by atoms with van der Waals surface area (Å²) in [6, 6.07) is 9.62. The van der Waals surface area contributed by atoms with E-state index < -0.39 is 5.97 Å². The summed E-state index contributed by atoms with van der Waals surface area (Å²) in [7, 11) is 1.62. The minimum atomic E-state index is -0.986. The molecule has 0 unspecified atom stereocenters. The Morgan fingerprint density at radius 3 is 2.85 bits per heavy atom. The lowest BCUT2D eigenvalue weighted by Crippen LogP contribution is -2.28. The van der Waals surface area contributed by atoms with Gasteiger partial charge in [-0.2, -0.15) is 5.26 Å². The van der Waals surface area contributed by atoms with Crippen LogP contribution in [-0.4, -0.2) is 37.9 Å². The van der Waals surface area contributed by atoms with E-state index in [9.17, 15) is 4.79 Å². The Hall–Kier alpha value is -2.32. The predicted molar refractivity (Wildman–Crippen MR) is 77.4 cm³/mol. The van der Waals surface area contributed by atoms with Crippen LogP contribution in [0.1, 0.15) is 12.0 Å². The lowest BCUT2D eigenvalue weighted by atomic mass is 10.1. The van der Waals surface area contributed by atoms with E-state index >= 15 is 0 Å². The van der Waals surface area contributed by atoms with E-state index in [0.29, 0.717) is 26.1 Å². The maximum Gasteiger partial charge on any atom is 0.328 e. The van der Waals surface area contributed by atoms with Crippen molar-refractivity contribution in [3.8, 4) is 6.07 Å². The van der Waals surface area contributed by atoms with Crippen LogP contribution in [0.4, 0.5) is 5.69 Å². The van der Waals surface area contributed by atoms with Crippen molar-refractivity contribution >= 4 is 17.7 Å². The van der Waals surface area contributed by atoms with Gasteiger partial charge >= 0.3 is 5.97 Å². The number of nitriles is 1. The van der Waals surface area contributed by atoms with E-state index in [-0.39, 0.29) is 0 Å². The summed E-state index contributed by atoms with van der Waals surface area (Å²) in [5.41, 5.74) is 1.71. The first-order chi connectivity index (χ1) is 9.69. The van der Waals surface area contributed by atoms with Gasteiger partial charge in [0, 0.05) is 32.0 Å². The Morgan fingerprint density at radius 1 is 1.45 bits per heavy atom. The number of carboxylic acids is 1. The van der Waals surface area contributed by atoms with Crippen molar-refractivity contribution in [1.82, 2.24) is 0 Å². The third kappa shape index (κ3) is 5.12. The van der Waals surface area contributed by atoms with Crippen LogP contribution in [0, 0.1) is 11.3 Å². The molecule has 0 spiro atoms. The zero-order chi connectivity index (χ0) is 14.8. The molecule has 0 saturated carbocycles. The Labute approximate surface area is 118 Å². The molecule has 1 aromatic carbocycles. The molecular formula is C15H18N2O3. The van der Waals surface area contributed by atoms with Crippen LogP contribution in [0.25, 0.3) is 6.08 Å². The molecule has 5 nitrogen and oxygen atoms in total. The first-order valence-electron chi connectivity index (χ1n) is 6.30. The molecule has 0 aliphatic carbocycles. The van der Waals surface area contributed by atoms with Crippen molar-refractivity contribution in [2.45, 2.75) is 6.42 Å². The Balaban J connectivity index is 2.99. The minimum Gasteiger partial charge on any atom is -0.478 e. The molecular weight excluding hydrogens is 256 g/mol. The molecule has 0 radical (unpaired) electrons. The summed E-state index contributed by atoms with van der Waals surface area (Å²) in [4.78, 5) is 12.7. The van der Waals surface area contributed by atoms with Gasteiger partial charge in [0.2, 0.25) is 0 Å². The summed E-state index contributed by atoms with van der Waals surface area (Å²) in [5, 5.41) is 17.5. The van der Waals surface area contributed by atoms with Gasteiger partial charge in [-0.05, 0) is 17.7 Å². The normalized spacial score (nSPS) is 10.4. The third-order valence-electron chi connectivity index (χ3n) is 2.74. The van der Waals surface area contributed by atoms with Crippen molar-refractivity contribution in [3.05, 3.63) is 35.9 Å². The Bertz CT molecular complexity index is 506. The van der Waals surface area contributed by atoms with Crippen molar-refractivity contribution in [2.75, 3.05) is 31.7 Å². The molecule has 106 valence electrons. The molecule has 20 heavy (non-hydrogen) atoms.